The zero-order valence-corrected chi connectivity index (χ0v) is 10.6. The second kappa shape index (κ2) is 4.39. The number of fused-ring (bicyclic) bond motifs is 1. The molecule has 0 saturated heterocycles. The number of nitrogen functional groups attached to an aromatic ring is 1. The van der Waals surface area contributed by atoms with Gasteiger partial charge in [-0.05, 0) is 36.2 Å². The molecule has 2 heterocycles. The normalized spacial score (nSPS) is 11.1. The van der Waals surface area contributed by atoms with E-state index in [1.165, 1.54) is 12.1 Å². The van der Waals surface area contributed by atoms with Crippen molar-refractivity contribution < 1.29 is 4.39 Å². The molecule has 3 rings (SSSR count). The van der Waals surface area contributed by atoms with Gasteiger partial charge in [-0.3, -0.25) is 4.40 Å². The van der Waals surface area contributed by atoms with Crippen molar-refractivity contribution in [3.8, 4) is 0 Å². The van der Waals surface area contributed by atoms with Crippen LogP contribution in [0.5, 0.6) is 0 Å². The first-order valence-electron chi connectivity index (χ1n) is 6.11. The van der Waals surface area contributed by atoms with Crippen LogP contribution in [-0.2, 0) is 6.42 Å². The molecule has 3 aromatic rings. The number of nitrogens with zero attached hydrogens (tertiary/aromatic N) is 2. The third-order valence-corrected chi connectivity index (χ3v) is 3.18. The van der Waals surface area contributed by atoms with Crippen LogP contribution in [0.25, 0.3) is 5.65 Å². The molecule has 96 valence electrons. The molecule has 0 atom stereocenters. The summed E-state index contributed by atoms with van der Waals surface area (Å²) in [6.45, 7) is 1.94. The highest BCUT2D eigenvalue weighted by Crippen LogP contribution is 2.19. The molecule has 3 nitrogen and oxygen atoms in total. The van der Waals surface area contributed by atoms with E-state index in [4.69, 9.17) is 5.73 Å². The van der Waals surface area contributed by atoms with Crippen LogP contribution in [0.3, 0.4) is 0 Å². The van der Waals surface area contributed by atoms with Gasteiger partial charge >= 0.3 is 0 Å². The van der Waals surface area contributed by atoms with Gasteiger partial charge in [-0.25, -0.2) is 9.37 Å². The molecular formula is C15H14FN3. The predicted octanol–water partition coefficient (Wildman–Crippen LogP) is 2.95. The van der Waals surface area contributed by atoms with Gasteiger partial charge in [0.1, 0.15) is 17.3 Å². The lowest BCUT2D eigenvalue weighted by molar-refractivity contribution is 0.627. The van der Waals surface area contributed by atoms with Gasteiger partial charge in [0.15, 0.2) is 0 Å². The lowest BCUT2D eigenvalue weighted by atomic mass is 10.1. The van der Waals surface area contributed by atoms with E-state index in [2.05, 4.69) is 4.98 Å². The lowest BCUT2D eigenvalue weighted by Gasteiger charge is -2.08. The van der Waals surface area contributed by atoms with Crippen LogP contribution >= 0.6 is 0 Å². The van der Waals surface area contributed by atoms with E-state index in [1.807, 2.05) is 29.7 Å². The molecule has 0 aliphatic carbocycles. The fraction of sp³-hybridized carbons (Fsp3) is 0.133. The van der Waals surface area contributed by atoms with Crippen molar-refractivity contribution in [2.75, 3.05) is 5.73 Å². The lowest BCUT2D eigenvalue weighted by Crippen LogP contribution is -2.02. The Kier molecular flexibility index (Phi) is 2.71. The summed E-state index contributed by atoms with van der Waals surface area (Å²) in [5.74, 6) is 0.458. The quantitative estimate of drug-likeness (QED) is 0.765. The van der Waals surface area contributed by atoms with Crippen molar-refractivity contribution in [1.29, 1.82) is 0 Å². The smallest absolute Gasteiger partial charge is 0.138 e. The van der Waals surface area contributed by atoms with Crippen molar-refractivity contribution in [3.63, 3.8) is 0 Å². The molecule has 0 unspecified atom stereocenters. The molecule has 0 saturated carbocycles. The maximum absolute atomic E-state index is 12.9. The molecule has 0 bridgehead atoms. The van der Waals surface area contributed by atoms with Crippen LogP contribution in [0, 0.1) is 12.7 Å². The van der Waals surface area contributed by atoms with E-state index in [-0.39, 0.29) is 5.82 Å². The van der Waals surface area contributed by atoms with Crippen molar-refractivity contribution in [2.24, 2.45) is 0 Å². The van der Waals surface area contributed by atoms with Gasteiger partial charge in [-0.1, -0.05) is 18.2 Å². The van der Waals surface area contributed by atoms with Crippen LogP contribution in [-0.4, -0.2) is 9.38 Å². The summed E-state index contributed by atoms with van der Waals surface area (Å²) in [6.07, 6.45) is 2.60. The van der Waals surface area contributed by atoms with Gasteiger partial charge in [0.05, 0.1) is 5.69 Å². The number of aryl methyl sites for hydroxylation is 1. The van der Waals surface area contributed by atoms with Crippen LogP contribution in [0.4, 0.5) is 10.2 Å². The Labute approximate surface area is 110 Å². The van der Waals surface area contributed by atoms with Gasteiger partial charge in [0.2, 0.25) is 0 Å². The van der Waals surface area contributed by atoms with E-state index < -0.39 is 0 Å². The molecule has 2 N–H and O–H groups in total. The number of pyridine rings is 1. The standard InChI is InChI=1S/C15H14FN3/c1-10-9-19-14(18-10)7-4-12(15(19)17)8-11-2-5-13(16)6-3-11/h2-7,9H,8,17H2,1H3. The summed E-state index contributed by atoms with van der Waals surface area (Å²) in [4.78, 5) is 4.37. The zero-order chi connectivity index (χ0) is 13.4. The van der Waals surface area contributed by atoms with Gasteiger partial charge in [-0.2, -0.15) is 0 Å². The molecular weight excluding hydrogens is 241 g/mol. The van der Waals surface area contributed by atoms with Crippen molar-refractivity contribution in [3.05, 3.63) is 65.2 Å². The molecule has 0 amide bonds. The first-order chi connectivity index (χ1) is 9.13. The summed E-state index contributed by atoms with van der Waals surface area (Å²) >= 11 is 0. The number of nitrogens with two attached hydrogens (primary N) is 1. The Morgan fingerprint density at radius 3 is 2.63 bits per heavy atom. The molecule has 0 fully saturated rings. The molecule has 4 heteroatoms. The highest BCUT2D eigenvalue weighted by molar-refractivity contribution is 5.54. The largest absolute Gasteiger partial charge is 0.385 e. The zero-order valence-electron chi connectivity index (χ0n) is 10.6. The van der Waals surface area contributed by atoms with Crippen LogP contribution in [0.2, 0.25) is 0 Å². The number of hydrogen-bond acceptors (Lipinski definition) is 2. The molecule has 0 radical (unpaired) electrons. The Morgan fingerprint density at radius 2 is 1.89 bits per heavy atom. The highest BCUT2D eigenvalue weighted by Gasteiger charge is 2.07. The van der Waals surface area contributed by atoms with E-state index in [1.54, 1.807) is 12.1 Å². The second-order valence-corrected chi connectivity index (χ2v) is 4.66. The molecule has 2 aromatic heterocycles. The Balaban J connectivity index is 2.00. The van der Waals surface area contributed by atoms with Crippen LogP contribution in [0.15, 0.2) is 42.6 Å². The topological polar surface area (TPSA) is 43.3 Å². The van der Waals surface area contributed by atoms with E-state index in [9.17, 15) is 4.39 Å². The maximum atomic E-state index is 12.9. The Bertz CT molecular complexity index is 729. The third kappa shape index (κ3) is 2.17. The molecule has 1 aromatic carbocycles. The fourth-order valence-electron chi connectivity index (χ4n) is 2.21. The molecule has 0 aliphatic heterocycles. The van der Waals surface area contributed by atoms with Crippen molar-refractivity contribution >= 4 is 11.5 Å². The third-order valence-electron chi connectivity index (χ3n) is 3.18. The Morgan fingerprint density at radius 1 is 1.16 bits per heavy atom. The first-order valence-corrected chi connectivity index (χ1v) is 6.11. The average Bonchev–Trinajstić information content (AvgIpc) is 2.77. The Hall–Kier alpha value is -2.36. The number of imidazole rings is 1. The van der Waals surface area contributed by atoms with Crippen molar-refractivity contribution in [1.82, 2.24) is 9.38 Å². The number of anilines is 1. The summed E-state index contributed by atoms with van der Waals surface area (Å²) in [6, 6.07) is 10.4. The molecule has 19 heavy (non-hydrogen) atoms. The summed E-state index contributed by atoms with van der Waals surface area (Å²) in [7, 11) is 0. The number of halogens is 1. The minimum absolute atomic E-state index is 0.225. The van der Waals surface area contributed by atoms with Gasteiger partial charge < -0.3 is 5.73 Å². The van der Waals surface area contributed by atoms with Crippen LogP contribution < -0.4 is 5.73 Å². The minimum Gasteiger partial charge on any atom is -0.385 e. The molecule has 0 spiro atoms. The predicted molar refractivity (Wildman–Crippen MR) is 73.5 cm³/mol. The highest BCUT2D eigenvalue weighted by atomic mass is 19.1. The van der Waals surface area contributed by atoms with E-state index >= 15 is 0 Å². The number of hydrogen-bond donors (Lipinski definition) is 1. The van der Waals surface area contributed by atoms with Gasteiger partial charge in [-0.15, -0.1) is 0 Å². The monoisotopic (exact) mass is 255 g/mol. The van der Waals surface area contributed by atoms with Gasteiger partial charge in [0.25, 0.3) is 0 Å². The fourth-order valence-corrected chi connectivity index (χ4v) is 2.21. The summed E-state index contributed by atoms with van der Waals surface area (Å²) in [5.41, 5.74) is 9.98. The average molecular weight is 255 g/mol. The second-order valence-electron chi connectivity index (χ2n) is 4.66. The molecule has 0 aliphatic rings. The maximum Gasteiger partial charge on any atom is 0.138 e. The minimum atomic E-state index is -0.225. The van der Waals surface area contributed by atoms with Gasteiger partial charge in [0, 0.05) is 12.6 Å². The number of benzene rings is 1. The number of aromatic nitrogens is 2. The van der Waals surface area contributed by atoms with Crippen LogP contribution in [0.1, 0.15) is 16.8 Å². The summed E-state index contributed by atoms with van der Waals surface area (Å²) in [5, 5.41) is 0. The number of rotatable bonds is 2. The first kappa shape index (κ1) is 11.7. The van der Waals surface area contributed by atoms with E-state index in [0.29, 0.717) is 12.2 Å². The van der Waals surface area contributed by atoms with Crippen molar-refractivity contribution in [2.45, 2.75) is 13.3 Å². The SMILES string of the molecule is Cc1cn2c(N)c(Cc3ccc(F)cc3)ccc2n1. The van der Waals surface area contributed by atoms with E-state index in [0.717, 1.165) is 22.5 Å². The summed E-state index contributed by atoms with van der Waals surface area (Å²) < 4.78 is 14.8.